The van der Waals surface area contributed by atoms with Crippen molar-refractivity contribution in [3.8, 4) is 5.69 Å². The molecule has 0 saturated carbocycles. The minimum atomic E-state index is -0.424. The van der Waals surface area contributed by atoms with Gasteiger partial charge in [0.1, 0.15) is 17.5 Å². The standard InChI is InChI=1S/C19H17FN6O/c20-13-5-6-21-18(9-13)25-12-16-15(19(25)27)11-26(23-16)14-3-4-17(22-10-14)24-7-1-2-8-24/h3-6,9-11H,1-2,7-8,12H2. The Morgan fingerprint density at radius 1 is 1.04 bits per heavy atom. The highest BCUT2D eigenvalue weighted by Gasteiger charge is 2.33. The van der Waals surface area contributed by atoms with E-state index in [1.54, 1.807) is 17.1 Å². The molecule has 8 heteroatoms. The molecule has 1 amide bonds. The van der Waals surface area contributed by atoms with E-state index in [0.717, 1.165) is 24.6 Å². The maximum atomic E-state index is 13.4. The third-order valence-corrected chi connectivity index (χ3v) is 4.99. The first-order valence-corrected chi connectivity index (χ1v) is 8.92. The van der Waals surface area contributed by atoms with Gasteiger partial charge < -0.3 is 4.90 Å². The molecular formula is C19H17FN6O. The summed E-state index contributed by atoms with van der Waals surface area (Å²) in [5.74, 6) is 0.610. The third-order valence-electron chi connectivity index (χ3n) is 4.99. The summed E-state index contributed by atoms with van der Waals surface area (Å²) in [7, 11) is 0. The van der Waals surface area contributed by atoms with E-state index in [1.165, 1.54) is 36.1 Å². The van der Waals surface area contributed by atoms with E-state index in [1.807, 2.05) is 12.1 Å². The van der Waals surface area contributed by atoms with Crippen LogP contribution in [0.4, 0.5) is 16.0 Å². The molecule has 5 heterocycles. The van der Waals surface area contributed by atoms with E-state index < -0.39 is 5.82 Å². The lowest BCUT2D eigenvalue weighted by molar-refractivity contribution is 0.0995. The van der Waals surface area contributed by atoms with Crippen LogP contribution in [0.3, 0.4) is 0 Å². The lowest BCUT2D eigenvalue weighted by atomic mass is 10.3. The van der Waals surface area contributed by atoms with Crippen LogP contribution in [0, 0.1) is 5.82 Å². The minimum Gasteiger partial charge on any atom is -0.357 e. The van der Waals surface area contributed by atoms with Crippen LogP contribution in [0.5, 0.6) is 0 Å². The number of nitrogens with zero attached hydrogens (tertiary/aromatic N) is 6. The smallest absolute Gasteiger partial charge is 0.263 e. The van der Waals surface area contributed by atoms with Crippen molar-refractivity contribution in [2.45, 2.75) is 19.4 Å². The summed E-state index contributed by atoms with van der Waals surface area (Å²) in [5, 5.41) is 4.52. The highest BCUT2D eigenvalue weighted by Crippen LogP contribution is 2.27. The SMILES string of the molecule is O=C1c2cn(-c3ccc(N4CCCC4)nc3)nc2CN1c1cc(F)ccn1. The summed E-state index contributed by atoms with van der Waals surface area (Å²) in [5.41, 5.74) is 1.95. The molecule has 0 unspecified atom stereocenters. The third kappa shape index (κ3) is 2.73. The van der Waals surface area contributed by atoms with Gasteiger partial charge in [0.15, 0.2) is 0 Å². The fourth-order valence-corrected chi connectivity index (χ4v) is 3.58. The van der Waals surface area contributed by atoms with Gasteiger partial charge >= 0.3 is 0 Å². The van der Waals surface area contributed by atoms with Crippen molar-refractivity contribution in [2.75, 3.05) is 22.9 Å². The maximum Gasteiger partial charge on any atom is 0.263 e. The molecular weight excluding hydrogens is 347 g/mol. The van der Waals surface area contributed by atoms with Gasteiger partial charge in [0, 0.05) is 31.5 Å². The van der Waals surface area contributed by atoms with Crippen molar-refractivity contribution < 1.29 is 9.18 Å². The Labute approximate surface area is 155 Å². The molecule has 0 atom stereocenters. The Bertz CT molecular complexity index is 1010. The molecule has 7 nitrogen and oxygen atoms in total. The zero-order valence-corrected chi connectivity index (χ0v) is 14.5. The highest BCUT2D eigenvalue weighted by molar-refractivity contribution is 6.09. The molecule has 0 radical (unpaired) electrons. The van der Waals surface area contributed by atoms with Crippen LogP contribution in [0.25, 0.3) is 5.69 Å². The van der Waals surface area contributed by atoms with Crippen molar-refractivity contribution in [3.63, 3.8) is 0 Å². The molecule has 3 aromatic heterocycles. The molecule has 0 bridgehead atoms. The van der Waals surface area contributed by atoms with Crippen molar-refractivity contribution in [1.29, 1.82) is 0 Å². The molecule has 1 fully saturated rings. The summed E-state index contributed by atoms with van der Waals surface area (Å²) < 4.78 is 15.1. The van der Waals surface area contributed by atoms with Crippen LogP contribution in [0.1, 0.15) is 28.9 Å². The molecule has 3 aromatic rings. The number of pyridine rings is 2. The number of anilines is 2. The Kier molecular flexibility index (Phi) is 3.63. The number of amides is 1. The average Bonchev–Trinajstić information content (AvgIpc) is 3.40. The molecule has 0 aromatic carbocycles. The first-order chi connectivity index (χ1) is 13.2. The summed E-state index contributed by atoms with van der Waals surface area (Å²) in [6.45, 7) is 2.36. The maximum absolute atomic E-state index is 13.4. The monoisotopic (exact) mass is 364 g/mol. The van der Waals surface area contributed by atoms with Crippen molar-refractivity contribution in [3.05, 3.63) is 59.9 Å². The van der Waals surface area contributed by atoms with Crippen LogP contribution < -0.4 is 9.80 Å². The number of fused-ring (bicyclic) bond motifs is 1. The Hall–Kier alpha value is -3.29. The normalized spacial score (nSPS) is 16.3. The first-order valence-electron chi connectivity index (χ1n) is 8.92. The van der Waals surface area contributed by atoms with Crippen molar-refractivity contribution >= 4 is 17.5 Å². The topological polar surface area (TPSA) is 67.2 Å². The lowest BCUT2D eigenvalue weighted by Crippen LogP contribution is -2.25. The van der Waals surface area contributed by atoms with Gasteiger partial charge in [-0.2, -0.15) is 5.10 Å². The van der Waals surface area contributed by atoms with Crippen molar-refractivity contribution in [2.24, 2.45) is 0 Å². The summed E-state index contributed by atoms with van der Waals surface area (Å²) in [6.07, 6.45) is 7.22. The van der Waals surface area contributed by atoms with Crippen LogP contribution >= 0.6 is 0 Å². The van der Waals surface area contributed by atoms with Gasteiger partial charge in [-0.1, -0.05) is 0 Å². The second-order valence-corrected chi connectivity index (χ2v) is 6.73. The fourth-order valence-electron chi connectivity index (χ4n) is 3.58. The van der Waals surface area contributed by atoms with Crippen molar-refractivity contribution in [1.82, 2.24) is 19.7 Å². The molecule has 0 aliphatic carbocycles. The van der Waals surface area contributed by atoms with E-state index in [0.29, 0.717) is 17.1 Å². The minimum absolute atomic E-state index is 0.226. The summed E-state index contributed by atoms with van der Waals surface area (Å²) in [4.78, 5) is 25.0. The summed E-state index contributed by atoms with van der Waals surface area (Å²) in [6, 6.07) is 6.44. The van der Waals surface area contributed by atoms with Gasteiger partial charge in [0.2, 0.25) is 0 Å². The van der Waals surface area contributed by atoms with E-state index in [9.17, 15) is 9.18 Å². The second kappa shape index (κ2) is 6.15. The van der Waals surface area contributed by atoms with E-state index in [2.05, 4.69) is 20.0 Å². The van der Waals surface area contributed by atoms with Crippen LogP contribution in [-0.2, 0) is 6.54 Å². The summed E-state index contributed by atoms with van der Waals surface area (Å²) >= 11 is 0. The number of hydrogen-bond acceptors (Lipinski definition) is 5. The average molecular weight is 364 g/mol. The molecule has 5 rings (SSSR count). The lowest BCUT2D eigenvalue weighted by Gasteiger charge is -2.16. The molecule has 2 aliphatic heterocycles. The molecule has 0 N–H and O–H groups in total. The van der Waals surface area contributed by atoms with Crippen LogP contribution in [0.15, 0.2) is 42.9 Å². The fraction of sp³-hybridized carbons (Fsp3) is 0.263. The Balaban J connectivity index is 1.39. The predicted molar refractivity (Wildman–Crippen MR) is 97.5 cm³/mol. The van der Waals surface area contributed by atoms with Gasteiger partial charge in [-0.05, 0) is 31.0 Å². The molecule has 27 heavy (non-hydrogen) atoms. The molecule has 136 valence electrons. The number of carbonyl (C=O) groups is 1. The zero-order valence-electron chi connectivity index (χ0n) is 14.5. The number of rotatable bonds is 3. The molecule has 0 spiro atoms. The van der Waals surface area contributed by atoms with Gasteiger partial charge in [-0.3, -0.25) is 9.69 Å². The van der Waals surface area contributed by atoms with Gasteiger partial charge in [0.25, 0.3) is 5.91 Å². The van der Waals surface area contributed by atoms with Gasteiger partial charge in [-0.25, -0.2) is 19.0 Å². The second-order valence-electron chi connectivity index (χ2n) is 6.73. The van der Waals surface area contributed by atoms with E-state index in [-0.39, 0.29) is 12.5 Å². The van der Waals surface area contributed by atoms with E-state index >= 15 is 0 Å². The number of aromatic nitrogens is 4. The quantitative estimate of drug-likeness (QED) is 0.715. The Morgan fingerprint density at radius 2 is 1.89 bits per heavy atom. The number of hydrogen-bond donors (Lipinski definition) is 0. The predicted octanol–water partition coefficient (Wildman–Crippen LogP) is 2.56. The molecule has 2 aliphatic rings. The van der Waals surface area contributed by atoms with Gasteiger partial charge in [-0.15, -0.1) is 0 Å². The zero-order chi connectivity index (χ0) is 18.4. The number of halogens is 1. The largest absolute Gasteiger partial charge is 0.357 e. The van der Waals surface area contributed by atoms with Crippen LogP contribution in [0.2, 0.25) is 0 Å². The molecule has 1 saturated heterocycles. The number of carbonyl (C=O) groups excluding carboxylic acids is 1. The van der Waals surface area contributed by atoms with Gasteiger partial charge in [0.05, 0.1) is 29.7 Å². The Morgan fingerprint density at radius 3 is 2.59 bits per heavy atom. The highest BCUT2D eigenvalue weighted by atomic mass is 19.1. The van der Waals surface area contributed by atoms with Crippen LogP contribution in [-0.4, -0.2) is 38.7 Å². The van der Waals surface area contributed by atoms with E-state index in [4.69, 9.17) is 0 Å². The first kappa shape index (κ1) is 15.9.